The third-order valence-corrected chi connectivity index (χ3v) is 11.0. The van der Waals surface area contributed by atoms with E-state index in [1.54, 1.807) is 61.7 Å². The lowest BCUT2D eigenvalue weighted by Crippen LogP contribution is -2.57. The Morgan fingerprint density at radius 1 is 0.941 bits per heavy atom. The summed E-state index contributed by atoms with van der Waals surface area (Å²) in [4.78, 5) is 2.17. The highest BCUT2D eigenvalue weighted by atomic mass is 32.2. The molecular formula is C24H28N2O5S3. The Hall–Kier alpha value is -2.24. The van der Waals surface area contributed by atoms with Gasteiger partial charge in [-0.25, -0.2) is 16.8 Å². The molecule has 1 fully saturated rings. The number of sulfone groups is 1. The molecule has 0 amide bonds. The van der Waals surface area contributed by atoms with Crippen LogP contribution in [0.25, 0.3) is 0 Å². The van der Waals surface area contributed by atoms with Crippen LogP contribution in [0.1, 0.15) is 19.4 Å². The molecule has 34 heavy (non-hydrogen) atoms. The summed E-state index contributed by atoms with van der Waals surface area (Å²) in [6.07, 6.45) is 0. The average molecular weight is 521 g/mol. The van der Waals surface area contributed by atoms with Crippen LogP contribution in [0.5, 0.6) is 0 Å². The zero-order chi connectivity index (χ0) is 24.6. The summed E-state index contributed by atoms with van der Waals surface area (Å²) in [6, 6.07) is 18.2. The highest BCUT2D eigenvalue weighted by Crippen LogP contribution is 2.30. The van der Waals surface area contributed by atoms with E-state index < -0.39 is 31.5 Å². The molecule has 0 unspecified atom stereocenters. The molecule has 0 aliphatic carbocycles. The second-order valence-corrected chi connectivity index (χ2v) is 14.0. The summed E-state index contributed by atoms with van der Waals surface area (Å²) in [5, 5.41) is 12.0. The van der Waals surface area contributed by atoms with Crippen LogP contribution >= 0.6 is 11.3 Å². The van der Waals surface area contributed by atoms with E-state index in [1.807, 2.05) is 29.2 Å². The van der Waals surface area contributed by atoms with Crippen LogP contribution in [-0.4, -0.2) is 57.7 Å². The molecule has 1 N–H and O–H groups in total. The first kappa shape index (κ1) is 24.9. The second kappa shape index (κ2) is 9.43. The maximum Gasteiger partial charge on any atom is 0.252 e. The van der Waals surface area contributed by atoms with E-state index in [4.69, 9.17) is 0 Å². The molecule has 4 rings (SSSR count). The number of rotatable bonds is 7. The van der Waals surface area contributed by atoms with E-state index in [1.165, 1.54) is 4.31 Å². The van der Waals surface area contributed by atoms with Gasteiger partial charge in [0.1, 0.15) is 4.21 Å². The predicted molar refractivity (Wildman–Crippen MR) is 134 cm³/mol. The number of sulfonamides is 1. The molecule has 2 aromatic carbocycles. The van der Waals surface area contributed by atoms with E-state index in [2.05, 4.69) is 0 Å². The number of benzene rings is 2. The average Bonchev–Trinajstić information content (AvgIpc) is 3.35. The largest absolute Gasteiger partial charge is 0.386 e. The second-order valence-electron chi connectivity index (χ2n) is 8.84. The van der Waals surface area contributed by atoms with Crippen molar-refractivity contribution in [2.24, 2.45) is 0 Å². The Kier molecular flexibility index (Phi) is 6.90. The molecule has 0 saturated carbocycles. The van der Waals surface area contributed by atoms with Gasteiger partial charge in [0.05, 0.1) is 22.3 Å². The molecule has 1 atom stereocenters. The van der Waals surface area contributed by atoms with Crippen molar-refractivity contribution < 1.29 is 21.9 Å². The number of nitrogens with zero attached hydrogens (tertiary/aromatic N) is 2. The lowest BCUT2D eigenvalue weighted by molar-refractivity contribution is 0.0786. The standard InChI is InChI=1S/C24H28N2O5S3/c1-24(2,27)19-10-12-20(13-11-19)26-15-14-25(34(30,31)23-9-6-16-32-23)17-21(26)18-33(28,29)22-7-4-3-5-8-22/h3-13,16,21,27H,14-15,17-18H2,1-2H3/t21-/m1/s1. The molecule has 2 heterocycles. The van der Waals surface area contributed by atoms with Gasteiger partial charge in [-0.15, -0.1) is 11.3 Å². The van der Waals surface area contributed by atoms with E-state index in [0.29, 0.717) is 6.54 Å². The molecule has 0 spiro atoms. The summed E-state index contributed by atoms with van der Waals surface area (Å²) in [6.45, 7) is 4.05. The number of thiophene rings is 1. The van der Waals surface area contributed by atoms with Gasteiger partial charge in [0, 0.05) is 25.3 Å². The van der Waals surface area contributed by atoms with Crippen molar-refractivity contribution in [3.8, 4) is 0 Å². The third kappa shape index (κ3) is 5.21. The molecule has 10 heteroatoms. The summed E-state index contributed by atoms with van der Waals surface area (Å²) in [7, 11) is -7.36. The minimum Gasteiger partial charge on any atom is -0.386 e. The molecule has 0 bridgehead atoms. The zero-order valence-electron chi connectivity index (χ0n) is 19.0. The molecular weight excluding hydrogens is 492 g/mol. The Labute approximate surface area is 205 Å². The van der Waals surface area contributed by atoms with Crippen LogP contribution in [0.2, 0.25) is 0 Å². The van der Waals surface area contributed by atoms with Crippen LogP contribution in [0.4, 0.5) is 5.69 Å². The highest BCUT2D eigenvalue weighted by molar-refractivity contribution is 7.91. The van der Waals surface area contributed by atoms with Gasteiger partial charge < -0.3 is 10.0 Å². The smallest absolute Gasteiger partial charge is 0.252 e. The van der Waals surface area contributed by atoms with Crippen molar-refractivity contribution in [3.63, 3.8) is 0 Å². The quantitative estimate of drug-likeness (QED) is 0.514. The Morgan fingerprint density at radius 3 is 2.21 bits per heavy atom. The zero-order valence-corrected chi connectivity index (χ0v) is 21.5. The number of piperazine rings is 1. The SMILES string of the molecule is CC(C)(O)c1ccc(N2CCN(S(=O)(=O)c3cccs3)C[C@@H]2CS(=O)(=O)c2ccccc2)cc1. The normalized spacial score (nSPS) is 18.2. The van der Waals surface area contributed by atoms with Crippen LogP contribution in [0.3, 0.4) is 0 Å². The fraction of sp³-hybridized carbons (Fsp3) is 0.333. The number of aliphatic hydroxyl groups is 1. The fourth-order valence-corrected chi connectivity index (χ4v) is 8.27. The van der Waals surface area contributed by atoms with Crippen LogP contribution < -0.4 is 4.90 Å². The topological polar surface area (TPSA) is 95.0 Å². The molecule has 1 aliphatic rings. The van der Waals surface area contributed by atoms with E-state index >= 15 is 0 Å². The van der Waals surface area contributed by atoms with Crippen molar-refractivity contribution in [3.05, 3.63) is 77.7 Å². The number of hydrogen-bond donors (Lipinski definition) is 1. The lowest BCUT2D eigenvalue weighted by atomic mass is 9.98. The van der Waals surface area contributed by atoms with Crippen molar-refractivity contribution >= 4 is 36.9 Å². The Morgan fingerprint density at radius 2 is 1.62 bits per heavy atom. The summed E-state index contributed by atoms with van der Waals surface area (Å²) < 4.78 is 54.4. The van der Waals surface area contributed by atoms with Crippen molar-refractivity contribution in [1.29, 1.82) is 0 Å². The summed E-state index contributed by atoms with van der Waals surface area (Å²) >= 11 is 1.15. The van der Waals surface area contributed by atoms with E-state index in [0.717, 1.165) is 22.6 Å². The minimum atomic E-state index is -3.71. The molecule has 182 valence electrons. The molecule has 0 radical (unpaired) electrons. The van der Waals surface area contributed by atoms with Crippen LogP contribution in [-0.2, 0) is 25.5 Å². The van der Waals surface area contributed by atoms with Crippen LogP contribution in [0.15, 0.2) is 81.2 Å². The summed E-state index contributed by atoms with van der Waals surface area (Å²) in [5.41, 5.74) is 0.528. The predicted octanol–water partition coefficient (Wildman–Crippen LogP) is 3.33. The van der Waals surface area contributed by atoms with Gasteiger partial charge in [-0.2, -0.15) is 4.31 Å². The number of anilines is 1. The Balaban J connectivity index is 1.67. The van der Waals surface area contributed by atoms with E-state index in [9.17, 15) is 21.9 Å². The van der Waals surface area contributed by atoms with Crippen LogP contribution in [0, 0.1) is 0 Å². The highest BCUT2D eigenvalue weighted by Gasteiger charge is 2.37. The lowest BCUT2D eigenvalue weighted by Gasteiger charge is -2.42. The van der Waals surface area contributed by atoms with Gasteiger partial charge in [-0.3, -0.25) is 0 Å². The first-order chi connectivity index (χ1) is 16.0. The van der Waals surface area contributed by atoms with E-state index in [-0.39, 0.29) is 27.9 Å². The van der Waals surface area contributed by atoms with Gasteiger partial charge in [-0.05, 0) is 55.1 Å². The van der Waals surface area contributed by atoms with Gasteiger partial charge in [0.25, 0.3) is 10.0 Å². The van der Waals surface area contributed by atoms with Crippen molar-refractivity contribution in [2.45, 2.75) is 34.6 Å². The maximum absolute atomic E-state index is 13.2. The fourth-order valence-electron chi connectivity index (χ4n) is 4.10. The van der Waals surface area contributed by atoms with Gasteiger partial charge in [0.2, 0.25) is 0 Å². The molecule has 1 aliphatic heterocycles. The minimum absolute atomic E-state index is 0.0551. The first-order valence-electron chi connectivity index (χ1n) is 10.9. The molecule has 7 nitrogen and oxygen atoms in total. The first-order valence-corrected chi connectivity index (χ1v) is 14.9. The molecule has 1 saturated heterocycles. The summed E-state index contributed by atoms with van der Waals surface area (Å²) in [5.74, 6) is -0.222. The Bertz CT molecular complexity index is 1320. The molecule has 3 aromatic rings. The maximum atomic E-state index is 13.2. The number of hydrogen-bond acceptors (Lipinski definition) is 7. The monoisotopic (exact) mass is 520 g/mol. The van der Waals surface area contributed by atoms with Gasteiger partial charge in [0.15, 0.2) is 9.84 Å². The third-order valence-electron chi connectivity index (χ3n) is 5.95. The van der Waals surface area contributed by atoms with Crippen molar-refractivity contribution in [2.75, 3.05) is 30.3 Å². The molecule has 1 aromatic heterocycles. The van der Waals surface area contributed by atoms with Gasteiger partial charge in [-0.1, -0.05) is 36.4 Å². The van der Waals surface area contributed by atoms with Gasteiger partial charge >= 0.3 is 0 Å². The van der Waals surface area contributed by atoms with Crippen molar-refractivity contribution in [1.82, 2.24) is 4.31 Å².